The zero-order valence-electron chi connectivity index (χ0n) is 12.7. The maximum Gasteiger partial charge on any atom is 0.416 e. The van der Waals surface area contributed by atoms with E-state index in [0.717, 1.165) is 37.8 Å². The molecule has 4 nitrogen and oxygen atoms in total. The van der Waals surface area contributed by atoms with Gasteiger partial charge < -0.3 is 10.1 Å². The molecule has 1 aromatic rings. The lowest BCUT2D eigenvalue weighted by molar-refractivity contribution is -0.157. The number of nitrogens with one attached hydrogen (secondary N) is 1. The predicted molar refractivity (Wildman–Crippen MR) is 77.6 cm³/mol. The average molecular weight is 329 g/mol. The van der Waals surface area contributed by atoms with Crippen LogP contribution in [-0.2, 0) is 20.5 Å². The number of amides is 1. The van der Waals surface area contributed by atoms with Crippen molar-refractivity contribution in [3.8, 4) is 0 Å². The molecule has 1 aliphatic rings. The summed E-state index contributed by atoms with van der Waals surface area (Å²) in [6.07, 6.45) is -2.12. The van der Waals surface area contributed by atoms with E-state index < -0.39 is 29.7 Å². The SMILES string of the molecule is CC(OC(=O)C1CCCC1)C(=O)Nc1cccc(C(F)(F)F)c1. The second kappa shape index (κ2) is 7.02. The van der Waals surface area contributed by atoms with Crippen molar-refractivity contribution in [1.29, 1.82) is 0 Å². The molecule has 0 aliphatic heterocycles. The lowest BCUT2D eigenvalue weighted by Gasteiger charge is -2.16. The highest BCUT2D eigenvalue weighted by atomic mass is 19.4. The van der Waals surface area contributed by atoms with Gasteiger partial charge in [0.05, 0.1) is 11.5 Å². The Kier molecular flexibility index (Phi) is 5.28. The minimum atomic E-state index is -4.48. The first-order valence-corrected chi connectivity index (χ1v) is 7.46. The third-order valence-corrected chi connectivity index (χ3v) is 3.81. The number of esters is 1. The van der Waals surface area contributed by atoms with E-state index in [-0.39, 0.29) is 11.6 Å². The Hall–Kier alpha value is -2.05. The van der Waals surface area contributed by atoms with Crippen LogP contribution in [-0.4, -0.2) is 18.0 Å². The Labute approximate surface area is 132 Å². The standard InChI is InChI=1S/C16H18F3NO3/c1-10(23-15(22)11-5-2-3-6-11)14(21)20-13-8-4-7-12(9-13)16(17,18)19/h4,7-11H,2-3,5-6H2,1H3,(H,20,21). The van der Waals surface area contributed by atoms with Crippen LogP contribution < -0.4 is 5.32 Å². The van der Waals surface area contributed by atoms with Gasteiger partial charge in [0.25, 0.3) is 5.91 Å². The molecule has 0 spiro atoms. The van der Waals surface area contributed by atoms with Crippen molar-refractivity contribution >= 4 is 17.6 Å². The van der Waals surface area contributed by atoms with E-state index >= 15 is 0 Å². The predicted octanol–water partition coefficient (Wildman–Crippen LogP) is 3.77. The lowest BCUT2D eigenvalue weighted by Crippen LogP contribution is -2.31. The van der Waals surface area contributed by atoms with Gasteiger partial charge in [-0.15, -0.1) is 0 Å². The molecule has 126 valence electrons. The zero-order chi connectivity index (χ0) is 17.0. The molecule has 0 saturated heterocycles. The second-order valence-electron chi connectivity index (χ2n) is 5.63. The van der Waals surface area contributed by atoms with Crippen molar-refractivity contribution < 1.29 is 27.5 Å². The van der Waals surface area contributed by atoms with Gasteiger partial charge in [-0.25, -0.2) is 0 Å². The molecule has 1 unspecified atom stereocenters. The summed E-state index contributed by atoms with van der Waals surface area (Å²) in [6, 6.07) is 4.30. The molecule has 0 aromatic heterocycles. The molecule has 0 heterocycles. The maximum atomic E-state index is 12.6. The third kappa shape index (κ3) is 4.71. The van der Waals surface area contributed by atoms with Gasteiger partial charge >= 0.3 is 12.1 Å². The van der Waals surface area contributed by atoms with E-state index in [1.807, 2.05) is 0 Å². The summed E-state index contributed by atoms with van der Waals surface area (Å²) in [5.41, 5.74) is -0.848. The van der Waals surface area contributed by atoms with Crippen molar-refractivity contribution in [3.05, 3.63) is 29.8 Å². The Balaban J connectivity index is 1.94. The van der Waals surface area contributed by atoms with Gasteiger partial charge in [-0.05, 0) is 38.0 Å². The first kappa shape index (κ1) is 17.3. The summed E-state index contributed by atoms with van der Waals surface area (Å²) in [7, 11) is 0. The monoisotopic (exact) mass is 329 g/mol. The molecule has 1 fully saturated rings. The highest BCUT2D eigenvalue weighted by Crippen LogP contribution is 2.30. The number of halogens is 3. The fourth-order valence-corrected chi connectivity index (χ4v) is 2.50. The molecule has 23 heavy (non-hydrogen) atoms. The number of rotatable bonds is 4. The minimum absolute atomic E-state index is 0.00795. The van der Waals surface area contributed by atoms with Gasteiger partial charge in [0.2, 0.25) is 0 Å². The lowest BCUT2D eigenvalue weighted by atomic mass is 10.1. The Morgan fingerprint density at radius 1 is 1.26 bits per heavy atom. The number of anilines is 1. The zero-order valence-corrected chi connectivity index (χ0v) is 12.7. The molecular formula is C16H18F3NO3. The van der Waals surface area contributed by atoms with Crippen molar-refractivity contribution in [2.45, 2.75) is 44.9 Å². The van der Waals surface area contributed by atoms with Gasteiger partial charge in [-0.2, -0.15) is 13.2 Å². The van der Waals surface area contributed by atoms with Crippen LogP contribution in [0.4, 0.5) is 18.9 Å². The number of alkyl halides is 3. The summed E-state index contributed by atoms with van der Waals surface area (Å²) in [5.74, 6) is -1.26. The van der Waals surface area contributed by atoms with E-state index in [1.54, 1.807) is 0 Å². The second-order valence-corrected chi connectivity index (χ2v) is 5.63. The highest BCUT2D eigenvalue weighted by molar-refractivity contribution is 5.95. The first-order chi connectivity index (χ1) is 10.8. The average Bonchev–Trinajstić information content (AvgIpc) is 3.00. The molecule has 1 saturated carbocycles. The fraction of sp³-hybridized carbons (Fsp3) is 0.500. The largest absolute Gasteiger partial charge is 0.452 e. The van der Waals surface area contributed by atoms with Crippen LogP contribution in [0, 0.1) is 5.92 Å². The van der Waals surface area contributed by atoms with E-state index in [9.17, 15) is 22.8 Å². The number of hydrogen-bond acceptors (Lipinski definition) is 3. The van der Waals surface area contributed by atoms with Crippen molar-refractivity contribution in [2.24, 2.45) is 5.92 Å². The first-order valence-electron chi connectivity index (χ1n) is 7.46. The normalized spacial score (nSPS) is 16.9. The summed E-state index contributed by atoms with van der Waals surface area (Å²) in [4.78, 5) is 23.8. The van der Waals surface area contributed by atoms with Crippen molar-refractivity contribution in [3.63, 3.8) is 0 Å². The van der Waals surface area contributed by atoms with Crippen LogP contribution in [0.3, 0.4) is 0 Å². The molecule has 0 bridgehead atoms. The molecule has 0 radical (unpaired) electrons. The minimum Gasteiger partial charge on any atom is -0.452 e. The third-order valence-electron chi connectivity index (χ3n) is 3.81. The van der Waals surface area contributed by atoms with Crippen LogP contribution in [0.15, 0.2) is 24.3 Å². The van der Waals surface area contributed by atoms with Crippen LogP contribution in [0.5, 0.6) is 0 Å². The van der Waals surface area contributed by atoms with E-state index in [2.05, 4.69) is 5.32 Å². The molecular weight excluding hydrogens is 311 g/mol. The maximum absolute atomic E-state index is 12.6. The number of ether oxygens (including phenoxy) is 1. The van der Waals surface area contributed by atoms with Crippen LogP contribution in [0.1, 0.15) is 38.2 Å². The molecule has 1 aliphatic carbocycles. The van der Waals surface area contributed by atoms with Crippen LogP contribution in [0.25, 0.3) is 0 Å². The molecule has 2 rings (SSSR count). The van der Waals surface area contributed by atoms with E-state index in [1.165, 1.54) is 19.1 Å². The number of benzene rings is 1. The summed E-state index contributed by atoms with van der Waals surface area (Å²) >= 11 is 0. The van der Waals surface area contributed by atoms with Crippen molar-refractivity contribution in [2.75, 3.05) is 5.32 Å². The van der Waals surface area contributed by atoms with Crippen molar-refractivity contribution in [1.82, 2.24) is 0 Å². The summed E-state index contributed by atoms with van der Waals surface area (Å²) < 4.78 is 43.0. The summed E-state index contributed by atoms with van der Waals surface area (Å²) in [6.45, 7) is 1.40. The number of carbonyl (C=O) groups excluding carboxylic acids is 2. The van der Waals surface area contributed by atoms with Gasteiger partial charge in [0.1, 0.15) is 0 Å². The van der Waals surface area contributed by atoms with E-state index in [0.29, 0.717) is 0 Å². The van der Waals surface area contributed by atoms with Gasteiger partial charge in [-0.3, -0.25) is 9.59 Å². The molecule has 1 atom stereocenters. The number of hydrogen-bond donors (Lipinski definition) is 1. The topological polar surface area (TPSA) is 55.4 Å². The highest BCUT2D eigenvalue weighted by Gasteiger charge is 2.31. The van der Waals surface area contributed by atoms with Gasteiger partial charge in [0.15, 0.2) is 6.10 Å². The Morgan fingerprint density at radius 2 is 1.91 bits per heavy atom. The Morgan fingerprint density at radius 3 is 2.52 bits per heavy atom. The quantitative estimate of drug-likeness (QED) is 0.856. The van der Waals surface area contributed by atoms with Crippen LogP contribution >= 0.6 is 0 Å². The fourth-order valence-electron chi connectivity index (χ4n) is 2.50. The molecule has 1 amide bonds. The Bertz CT molecular complexity index is 580. The molecule has 7 heteroatoms. The summed E-state index contributed by atoms with van der Waals surface area (Å²) in [5, 5.41) is 2.33. The van der Waals surface area contributed by atoms with Gasteiger partial charge in [0, 0.05) is 5.69 Å². The number of carbonyl (C=O) groups is 2. The van der Waals surface area contributed by atoms with Crippen LogP contribution in [0.2, 0.25) is 0 Å². The smallest absolute Gasteiger partial charge is 0.416 e. The molecule has 1 aromatic carbocycles. The van der Waals surface area contributed by atoms with Gasteiger partial charge in [-0.1, -0.05) is 18.9 Å². The molecule has 1 N–H and O–H groups in total. The van der Waals surface area contributed by atoms with E-state index in [4.69, 9.17) is 4.74 Å².